The fourth-order valence-electron chi connectivity index (χ4n) is 4.65. The molecule has 1 aromatic rings. The number of aliphatic imine (C=N–C) groups is 1. The molecule has 0 bridgehead atoms. The van der Waals surface area contributed by atoms with Crippen molar-refractivity contribution in [3.8, 4) is 6.07 Å². The second-order valence-corrected chi connectivity index (χ2v) is 9.17. The predicted octanol–water partition coefficient (Wildman–Crippen LogP) is 7.14. The first-order chi connectivity index (χ1) is 13.4. The molecule has 2 fully saturated rings. The molecule has 0 radical (unpaired) electrons. The molecule has 0 N–H and O–H groups in total. The number of hydrogen-bond acceptors (Lipinski definition) is 3. The molecule has 1 aromatic carbocycles. The van der Waals surface area contributed by atoms with E-state index in [1.807, 2.05) is 26.0 Å². The first-order valence-corrected chi connectivity index (χ1v) is 11.0. The van der Waals surface area contributed by atoms with E-state index in [9.17, 15) is 0 Å². The van der Waals surface area contributed by atoms with Gasteiger partial charge < -0.3 is 4.74 Å². The number of benzene rings is 1. The molecule has 1 aliphatic heterocycles. The second kappa shape index (κ2) is 10.2. The van der Waals surface area contributed by atoms with Gasteiger partial charge in [-0.05, 0) is 87.5 Å². The number of aryl methyl sites for hydroxylation is 1. The van der Waals surface area contributed by atoms with Crippen molar-refractivity contribution in [1.82, 2.24) is 0 Å². The molecule has 3 heteroatoms. The molecule has 1 spiro atoms. The van der Waals surface area contributed by atoms with Gasteiger partial charge in [0, 0.05) is 12.8 Å². The smallest absolute Gasteiger partial charge is 0.0991 e. The van der Waals surface area contributed by atoms with Crippen LogP contribution in [0.1, 0.15) is 90.2 Å². The maximum absolute atomic E-state index is 8.59. The van der Waals surface area contributed by atoms with E-state index in [-0.39, 0.29) is 0 Å². The maximum Gasteiger partial charge on any atom is 0.0991 e. The molecule has 1 saturated heterocycles. The van der Waals surface area contributed by atoms with E-state index < -0.39 is 0 Å². The van der Waals surface area contributed by atoms with E-state index in [0.717, 1.165) is 23.8 Å². The zero-order valence-corrected chi connectivity index (χ0v) is 18.6. The van der Waals surface area contributed by atoms with Crippen LogP contribution < -0.4 is 0 Å². The van der Waals surface area contributed by atoms with E-state index in [0.29, 0.717) is 16.6 Å². The lowest BCUT2D eigenvalue weighted by Crippen LogP contribution is -2.42. The Morgan fingerprint density at radius 2 is 2.07 bits per heavy atom. The fourth-order valence-corrected chi connectivity index (χ4v) is 4.65. The average molecular weight is 383 g/mol. The number of nitriles is 1. The van der Waals surface area contributed by atoms with Crippen LogP contribution in [0, 0.1) is 29.6 Å². The summed E-state index contributed by atoms with van der Waals surface area (Å²) in [5.74, 6) is 0.888. The van der Waals surface area contributed by atoms with Crippen LogP contribution in [-0.4, -0.2) is 18.4 Å². The van der Waals surface area contributed by atoms with Crippen molar-refractivity contribution in [2.45, 2.75) is 91.6 Å². The van der Waals surface area contributed by atoms with Gasteiger partial charge in [-0.1, -0.05) is 33.6 Å². The van der Waals surface area contributed by atoms with Gasteiger partial charge >= 0.3 is 0 Å². The van der Waals surface area contributed by atoms with E-state index in [2.05, 4.69) is 31.8 Å². The van der Waals surface area contributed by atoms with E-state index >= 15 is 0 Å². The lowest BCUT2D eigenvalue weighted by atomic mass is 9.62. The third-order valence-electron chi connectivity index (χ3n) is 6.63. The van der Waals surface area contributed by atoms with Crippen LogP contribution in [0.2, 0.25) is 0 Å². The number of unbranched alkanes of at least 4 members (excludes halogenated alkanes) is 1. The average Bonchev–Trinajstić information content (AvgIpc) is 3.13. The minimum Gasteiger partial charge on any atom is -0.375 e. The molecule has 2 aliphatic rings. The number of ether oxygens (including phenoxy) is 1. The number of rotatable bonds is 4. The topological polar surface area (TPSA) is 45.4 Å². The van der Waals surface area contributed by atoms with Crippen molar-refractivity contribution in [2.75, 3.05) is 6.61 Å². The highest BCUT2D eigenvalue weighted by molar-refractivity contribution is 5.63. The van der Waals surface area contributed by atoms with Gasteiger partial charge in [-0.15, -0.1) is 0 Å². The largest absolute Gasteiger partial charge is 0.375 e. The minimum absolute atomic E-state index is 0.300. The van der Waals surface area contributed by atoms with Gasteiger partial charge in [-0.2, -0.15) is 5.26 Å². The molecule has 3 rings (SSSR count). The number of nitrogens with zero attached hydrogens (tertiary/aromatic N) is 2. The van der Waals surface area contributed by atoms with Crippen molar-refractivity contribution >= 4 is 11.9 Å². The molecule has 0 amide bonds. The van der Waals surface area contributed by atoms with E-state index in [1.165, 1.54) is 51.4 Å². The molecular formula is C25H38N2O. The van der Waals surface area contributed by atoms with Crippen LogP contribution >= 0.6 is 0 Å². The first kappa shape index (κ1) is 22.6. The zero-order chi connectivity index (χ0) is 20.6. The monoisotopic (exact) mass is 382 g/mol. The summed E-state index contributed by atoms with van der Waals surface area (Å²) >= 11 is 0. The van der Waals surface area contributed by atoms with Crippen LogP contribution in [0.5, 0.6) is 0 Å². The second-order valence-electron chi connectivity index (χ2n) is 9.17. The summed E-state index contributed by atoms with van der Waals surface area (Å²) in [6.45, 7) is 12.1. The Balaban J connectivity index is 0.000000209. The summed E-state index contributed by atoms with van der Waals surface area (Å²) in [6, 6.07) is 7.55. The highest BCUT2D eigenvalue weighted by atomic mass is 16.5. The molecule has 3 nitrogen and oxygen atoms in total. The van der Waals surface area contributed by atoms with Crippen molar-refractivity contribution < 1.29 is 4.74 Å². The Morgan fingerprint density at radius 1 is 1.29 bits per heavy atom. The summed E-state index contributed by atoms with van der Waals surface area (Å²) < 4.78 is 6.08. The SMILES string of the molecule is CC=Nc1ccc(C#N)cc1C.CCCCC1CC2(CCCO2)CCC1(C)C. The fraction of sp³-hybridized carbons (Fsp3) is 0.680. The third kappa shape index (κ3) is 5.92. The van der Waals surface area contributed by atoms with Gasteiger partial charge in [0.15, 0.2) is 0 Å². The van der Waals surface area contributed by atoms with Crippen molar-refractivity contribution in [1.29, 1.82) is 5.26 Å². The quantitative estimate of drug-likeness (QED) is 0.519. The third-order valence-corrected chi connectivity index (χ3v) is 6.63. The summed E-state index contributed by atoms with van der Waals surface area (Å²) in [4.78, 5) is 4.15. The molecule has 2 atom stereocenters. The summed E-state index contributed by atoms with van der Waals surface area (Å²) in [5, 5.41) is 8.59. The normalized spacial score (nSPS) is 26.1. The Bertz CT molecular complexity index is 693. The van der Waals surface area contributed by atoms with Gasteiger partial charge in [0.1, 0.15) is 0 Å². The van der Waals surface area contributed by atoms with Crippen LogP contribution in [0.25, 0.3) is 0 Å². The molecule has 0 aromatic heterocycles. The first-order valence-electron chi connectivity index (χ1n) is 11.0. The lowest BCUT2D eigenvalue weighted by molar-refractivity contribution is -0.0768. The molecule has 1 aliphatic carbocycles. The molecular weight excluding hydrogens is 344 g/mol. The standard InChI is InChI=1S/C15H28O.C10H10N2/c1-4-5-7-13-12-15(8-6-11-16-15)10-9-14(13,2)3;1-3-12-10-5-4-9(7-11)6-8(10)2/h13H,4-12H2,1-3H3;3-6H,1-2H3. The van der Waals surface area contributed by atoms with Crippen LogP contribution in [-0.2, 0) is 4.74 Å². The highest BCUT2D eigenvalue weighted by Crippen LogP contribution is 2.51. The van der Waals surface area contributed by atoms with Crippen molar-refractivity contribution in [3.05, 3.63) is 29.3 Å². The zero-order valence-electron chi connectivity index (χ0n) is 18.6. The maximum atomic E-state index is 8.59. The van der Waals surface area contributed by atoms with Gasteiger partial charge in [-0.3, -0.25) is 4.99 Å². The molecule has 154 valence electrons. The molecule has 1 saturated carbocycles. The summed E-state index contributed by atoms with van der Waals surface area (Å²) in [6.07, 6.45) is 12.5. The molecule has 1 heterocycles. The molecule has 28 heavy (non-hydrogen) atoms. The summed E-state index contributed by atoms with van der Waals surface area (Å²) in [5.41, 5.74) is 3.49. The molecule has 2 unspecified atom stereocenters. The van der Waals surface area contributed by atoms with Crippen LogP contribution in [0.4, 0.5) is 5.69 Å². The van der Waals surface area contributed by atoms with Crippen LogP contribution in [0.3, 0.4) is 0 Å². The summed E-state index contributed by atoms with van der Waals surface area (Å²) in [7, 11) is 0. The Morgan fingerprint density at radius 3 is 2.64 bits per heavy atom. The number of hydrogen-bond donors (Lipinski definition) is 0. The van der Waals surface area contributed by atoms with Crippen molar-refractivity contribution in [2.24, 2.45) is 16.3 Å². The van der Waals surface area contributed by atoms with E-state index in [1.54, 1.807) is 12.3 Å². The minimum atomic E-state index is 0.300. The Labute approximate surface area is 172 Å². The van der Waals surface area contributed by atoms with E-state index in [4.69, 9.17) is 10.00 Å². The van der Waals surface area contributed by atoms with Gasteiger partial charge in [0.2, 0.25) is 0 Å². The Kier molecular flexibility index (Phi) is 8.25. The van der Waals surface area contributed by atoms with Gasteiger partial charge in [-0.25, -0.2) is 0 Å². The van der Waals surface area contributed by atoms with Gasteiger partial charge in [0.05, 0.1) is 22.9 Å². The van der Waals surface area contributed by atoms with Crippen LogP contribution in [0.15, 0.2) is 23.2 Å². The lowest BCUT2D eigenvalue weighted by Gasteiger charge is -2.47. The predicted molar refractivity (Wildman–Crippen MR) is 118 cm³/mol. The van der Waals surface area contributed by atoms with Crippen molar-refractivity contribution in [3.63, 3.8) is 0 Å². The van der Waals surface area contributed by atoms with Gasteiger partial charge in [0.25, 0.3) is 0 Å². The Hall–Kier alpha value is -1.66. The highest BCUT2D eigenvalue weighted by Gasteiger charge is 2.46.